The van der Waals surface area contributed by atoms with Crippen molar-refractivity contribution in [3.63, 3.8) is 0 Å². The lowest BCUT2D eigenvalue weighted by Crippen LogP contribution is -2.23. The largest absolute Gasteiger partial charge is 0.478 e. The number of ether oxygens (including phenoxy) is 3. The van der Waals surface area contributed by atoms with Crippen LogP contribution >= 0.6 is 0 Å². The molecule has 0 heterocycles. The number of esters is 3. The van der Waals surface area contributed by atoms with Gasteiger partial charge in [0.1, 0.15) is 6.10 Å². The highest BCUT2D eigenvalue weighted by Crippen LogP contribution is 2.21. The Bertz CT molecular complexity index is 450. The second-order valence-corrected chi connectivity index (χ2v) is 4.00. The number of hydrogen-bond donors (Lipinski definition) is 1. The van der Waals surface area contributed by atoms with Gasteiger partial charge in [0.15, 0.2) is 13.2 Å². The maximum absolute atomic E-state index is 11.3. The van der Waals surface area contributed by atoms with Gasteiger partial charge in [-0.15, -0.1) is 0 Å². The van der Waals surface area contributed by atoms with Crippen molar-refractivity contribution >= 4 is 23.9 Å². The summed E-state index contributed by atoms with van der Waals surface area (Å²) >= 11 is 0. The predicted molar refractivity (Wildman–Crippen MR) is 62.4 cm³/mol. The van der Waals surface area contributed by atoms with Crippen molar-refractivity contribution in [1.82, 2.24) is 0 Å². The van der Waals surface area contributed by atoms with Crippen LogP contribution in [0.4, 0.5) is 0 Å². The van der Waals surface area contributed by atoms with Gasteiger partial charge in [-0.1, -0.05) is 0 Å². The minimum atomic E-state index is -1.05. The van der Waals surface area contributed by atoms with Crippen LogP contribution in [0.3, 0.4) is 0 Å². The Hall–Kier alpha value is -2.38. The van der Waals surface area contributed by atoms with Crippen molar-refractivity contribution in [1.29, 1.82) is 0 Å². The van der Waals surface area contributed by atoms with Gasteiger partial charge in [-0.25, -0.2) is 14.4 Å². The first-order valence-corrected chi connectivity index (χ1v) is 5.81. The molecule has 1 aliphatic rings. The van der Waals surface area contributed by atoms with E-state index in [9.17, 15) is 19.2 Å². The highest BCUT2D eigenvalue weighted by Gasteiger charge is 2.23. The van der Waals surface area contributed by atoms with E-state index in [2.05, 4.69) is 9.47 Å². The Labute approximate surface area is 114 Å². The number of carboxylic acids is 1. The molecular weight excluding hydrogens is 272 g/mol. The predicted octanol–water partition coefficient (Wildman–Crippen LogP) is -0.191. The van der Waals surface area contributed by atoms with Crippen LogP contribution < -0.4 is 0 Å². The first kappa shape index (κ1) is 15.7. The highest BCUT2D eigenvalue weighted by molar-refractivity contribution is 5.87. The van der Waals surface area contributed by atoms with Crippen LogP contribution in [0.1, 0.15) is 19.8 Å². The Morgan fingerprint density at radius 2 is 1.85 bits per heavy atom. The van der Waals surface area contributed by atoms with Crippen LogP contribution in [-0.2, 0) is 33.4 Å². The van der Waals surface area contributed by atoms with Gasteiger partial charge < -0.3 is 19.3 Å². The lowest BCUT2D eigenvalue weighted by molar-refractivity contribution is -0.165. The van der Waals surface area contributed by atoms with E-state index in [0.29, 0.717) is 12.8 Å². The molecule has 110 valence electrons. The van der Waals surface area contributed by atoms with E-state index < -0.39 is 43.2 Å². The number of rotatable bonds is 6. The van der Waals surface area contributed by atoms with E-state index in [1.54, 1.807) is 0 Å². The van der Waals surface area contributed by atoms with Crippen molar-refractivity contribution in [2.75, 3.05) is 13.2 Å². The third-order valence-electron chi connectivity index (χ3n) is 2.39. The Morgan fingerprint density at radius 1 is 1.20 bits per heavy atom. The number of carboxylic acid groups (broad SMARTS) is 1. The van der Waals surface area contributed by atoms with Crippen LogP contribution in [0.15, 0.2) is 11.6 Å². The SMILES string of the molecule is CC(=O)OCC(=O)OCC(=O)OC1C=C(C(=O)O)CC1. The third kappa shape index (κ3) is 5.51. The molecule has 1 N–H and O–H groups in total. The van der Waals surface area contributed by atoms with Crippen LogP contribution in [0.2, 0.25) is 0 Å². The van der Waals surface area contributed by atoms with E-state index in [0.717, 1.165) is 6.92 Å². The van der Waals surface area contributed by atoms with Crippen molar-refractivity contribution in [2.45, 2.75) is 25.9 Å². The summed E-state index contributed by atoms with van der Waals surface area (Å²) in [6.45, 7) is -0.0596. The van der Waals surface area contributed by atoms with Gasteiger partial charge in [-0.05, 0) is 18.9 Å². The second kappa shape index (κ2) is 7.27. The molecule has 1 unspecified atom stereocenters. The van der Waals surface area contributed by atoms with Gasteiger partial charge in [0.05, 0.1) is 0 Å². The molecule has 0 radical (unpaired) electrons. The number of hydrogen-bond acceptors (Lipinski definition) is 7. The first-order valence-electron chi connectivity index (χ1n) is 5.81. The monoisotopic (exact) mass is 286 g/mol. The molecule has 0 aromatic carbocycles. The van der Waals surface area contributed by atoms with Gasteiger partial charge in [-0.2, -0.15) is 0 Å². The van der Waals surface area contributed by atoms with Crippen molar-refractivity contribution in [3.05, 3.63) is 11.6 Å². The summed E-state index contributed by atoms with van der Waals surface area (Å²) in [5.41, 5.74) is 0.189. The van der Waals surface area contributed by atoms with Gasteiger partial charge in [0.2, 0.25) is 0 Å². The zero-order valence-corrected chi connectivity index (χ0v) is 10.8. The molecule has 8 nitrogen and oxygen atoms in total. The average molecular weight is 286 g/mol. The van der Waals surface area contributed by atoms with E-state index in [4.69, 9.17) is 9.84 Å². The van der Waals surface area contributed by atoms with Crippen molar-refractivity contribution in [3.8, 4) is 0 Å². The van der Waals surface area contributed by atoms with Gasteiger partial charge in [0.25, 0.3) is 0 Å². The summed E-state index contributed by atoms with van der Waals surface area (Å²) in [5, 5.41) is 8.73. The minimum absolute atomic E-state index is 0.189. The number of carbonyl (C=O) groups is 4. The average Bonchev–Trinajstić information content (AvgIpc) is 2.82. The van der Waals surface area contributed by atoms with Crippen molar-refractivity contribution in [2.24, 2.45) is 0 Å². The molecule has 20 heavy (non-hydrogen) atoms. The molecule has 0 aromatic rings. The lowest BCUT2D eigenvalue weighted by atomic mass is 10.2. The molecule has 0 fully saturated rings. The smallest absolute Gasteiger partial charge is 0.344 e. The van der Waals surface area contributed by atoms with Crippen LogP contribution in [0.25, 0.3) is 0 Å². The minimum Gasteiger partial charge on any atom is -0.478 e. The van der Waals surface area contributed by atoms with Gasteiger partial charge in [0, 0.05) is 12.5 Å². The molecular formula is C12H14O8. The Morgan fingerprint density at radius 3 is 2.40 bits per heavy atom. The molecule has 1 rings (SSSR count). The summed E-state index contributed by atoms with van der Waals surface area (Å²) in [7, 11) is 0. The van der Waals surface area contributed by atoms with E-state index in [1.165, 1.54) is 6.08 Å². The number of aliphatic carboxylic acids is 1. The number of carbonyl (C=O) groups excluding carboxylic acids is 3. The van der Waals surface area contributed by atoms with Gasteiger partial charge >= 0.3 is 23.9 Å². The summed E-state index contributed by atoms with van der Waals surface area (Å²) in [4.78, 5) is 43.4. The Balaban J connectivity index is 2.26. The quantitative estimate of drug-likeness (QED) is 0.527. The zero-order chi connectivity index (χ0) is 15.1. The van der Waals surface area contributed by atoms with E-state index in [1.807, 2.05) is 0 Å². The summed E-state index contributed by atoms with van der Waals surface area (Å²) in [6, 6.07) is 0. The topological polar surface area (TPSA) is 116 Å². The fourth-order valence-electron chi connectivity index (χ4n) is 1.50. The molecule has 0 amide bonds. The zero-order valence-electron chi connectivity index (χ0n) is 10.8. The summed E-state index contributed by atoms with van der Waals surface area (Å²) < 4.78 is 13.8. The lowest BCUT2D eigenvalue weighted by Gasteiger charge is -2.10. The van der Waals surface area contributed by atoms with Crippen LogP contribution in [-0.4, -0.2) is 48.3 Å². The molecule has 0 aliphatic heterocycles. The van der Waals surface area contributed by atoms with E-state index in [-0.39, 0.29) is 5.57 Å². The van der Waals surface area contributed by atoms with Gasteiger partial charge in [-0.3, -0.25) is 4.79 Å². The molecule has 0 bridgehead atoms. The van der Waals surface area contributed by atoms with Crippen LogP contribution in [0.5, 0.6) is 0 Å². The third-order valence-corrected chi connectivity index (χ3v) is 2.39. The maximum Gasteiger partial charge on any atom is 0.344 e. The molecule has 8 heteroatoms. The highest BCUT2D eigenvalue weighted by atomic mass is 16.6. The second-order valence-electron chi connectivity index (χ2n) is 4.00. The summed E-state index contributed by atoms with van der Waals surface area (Å²) in [6.07, 6.45) is 1.43. The first-order chi connectivity index (χ1) is 9.38. The van der Waals surface area contributed by atoms with E-state index >= 15 is 0 Å². The molecule has 0 spiro atoms. The molecule has 1 atom stereocenters. The fourth-order valence-corrected chi connectivity index (χ4v) is 1.50. The Kier molecular flexibility index (Phi) is 5.70. The fraction of sp³-hybridized carbons (Fsp3) is 0.500. The van der Waals surface area contributed by atoms with Crippen LogP contribution in [0, 0.1) is 0 Å². The molecule has 0 saturated heterocycles. The van der Waals surface area contributed by atoms with Crippen molar-refractivity contribution < 1.29 is 38.5 Å². The molecule has 1 aliphatic carbocycles. The maximum atomic E-state index is 11.3. The normalized spacial score (nSPS) is 17.1. The summed E-state index contributed by atoms with van der Waals surface area (Å²) in [5.74, 6) is -3.35. The standard InChI is InChI=1S/C12H14O8/c1-7(13)18-5-10(14)19-6-11(15)20-9-3-2-8(4-9)12(16)17/h4,9H,2-3,5-6H2,1H3,(H,16,17). The molecule has 0 aromatic heterocycles. The molecule has 0 saturated carbocycles.